The Kier molecular flexibility index (Phi) is 2.12. The molecule has 0 aliphatic carbocycles. The summed E-state index contributed by atoms with van der Waals surface area (Å²) in [6.07, 6.45) is -0.571. The Morgan fingerprint density at radius 1 is 1.50 bits per heavy atom. The van der Waals surface area contributed by atoms with Gasteiger partial charge in [0, 0.05) is 0 Å². The number of rotatable bonds is 0. The molecule has 16 heavy (non-hydrogen) atoms. The standard InChI is InChI=1S/C10H9BrN4O/c1-9(2)8-15-6(11)5(3-12)10(9,4-13)7(14)16-8/h5,8,14H,1-2H3/t5?,8-,10+/m1/s1. The van der Waals surface area contributed by atoms with Crippen LogP contribution in [0.5, 0.6) is 0 Å². The summed E-state index contributed by atoms with van der Waals surface area (Å²) in [6.45, 7) is 3.60. The number of nitrogens with zero attached hydrogens (tertiary/aromatic N) is 3. The van der Waals surface area contributed by atoms with Crippen molar-refractivity contribution in [3.8, 4) is 12.1 Å². The van der Waals surface area contributed by atoms with E-state index in [4.69, 9.17) is 15.4 Å². The van der Waals surface area contributed by atoms with Crippen molar-refractivity contribution < 1.29 is 4.74 Å². The molecule has 2 aliphatic rings. The molecule has 0 aromatic carbocycles. The molecule has 0 radical (unpaired) electrons. The number of ether oxygens (including phenoxy) is 1. The van der Waals surface area contributed by atoms with Gasteiger partial charge in [-0.15, -0.1) is 0 Å². The minimum atomic E-state index is -1.24. The number of fused-ring (bicyclic) bond motifs is 2. The molecule has 0 saturated carbocycles. The number of hydrogen-bond donors (Lipinski definition) is 1. The van der Waals surface area contributed by atoms with Crippen molar-refractivity contribution in [3.05, 3.63) is 0 Å². The van der Waals surface area contributed by atoms with Gasteiger partial charge >= 0.3 is 0 Å². The first-order valence-corrected chi connectivity index (χ1v) is 5.51. The molecular formula is C10H9BrN4O. The van der Waals surface area contributed by atoms with Crippen LogP contribution in [0.4, 0.5) is 0 Å². The van der Waals surface area contributed by atoms with E-state index in [1.54, 1.807) is 13.8 Å². The maximum atomic E-state index is 9.40. The zero-order valence-electron chi connectivity index (χ0n) is 8.78. The lowest BCUT2D eigenvalue weighted by molar-refractivity contribution is 0.0803. The van der Waals surface area contributed by atoms with Crippen LogP contribution in [-0.4, -0.2) is 16.7 Å². The first-order valence-electron chi connectivity index (χ1n) is 4.71. The number of aliphatic imine (C=N–C) groups is 1. The van der Waals surface area contributed by atoms with Gasteiger partial charge in [0.25, 0.3) is 0 Å². The van der Waals surface area contributed by atoms with Crippen LogP contribution in [0.3, 0.4) is 0 Å². The lowest BCUT2D eigenvalue weighted by Crippen LogP contribution is -2.50. The maximum absolute atomic E-state index is 9.40. The normalized spacial score (nSPS) is 39.3. The highest BCUT2D eigenvalue weighted by Gasteiger charge is 2.69. The number of nitriles is 2. The molecule has 0 amide bonds. The fourth-order valence-electron chi connectivity index (χ4n) is 2.30. The summed E-state index contributed by atoms with van der Waals surface area (Å²) in [5.74, 6) is -0.937. The summed E-state index contributed by atoms with van der Waals surface area (Å²) in [4.78, 5) is 4.19. The Balaban J connectivity index is 2.75. The molecule has 3 atom stereocenters. The van der Waals surface area contributed by atoms with Gasteiger partial charge < -0.3 is 4.74 Å². The van der Waals surface area contributed by atoms with Crippen molar-refractivity contribution in [1.82, 2.24) is 0 Å². The van der Waals surface area contributed by atoms with E-state index in [0.717, 1.165) is 0 Å². The summed E-state index contributed by atoms with van der Waals surface area (Å²) in [6, 6.07) is 4.14. The highest BCUT2D eigenvalue weighted by atomic mass is 79.9. The third-order valence-corrected chi connectivity index (χ3v) is 4.10. The molecule has 1 unspecified atom stereocenters. The molecule has 0 aromatic rings. The monoisotopic (exact) mass is 280 g/mol. The Bertz CT molecular complexity index is 484. The van der Waals surface area contributed by atoms with Crippen LogP contribution in [0.1, 0.15) is 13.8 Å². The van der Waals surface area contributed by atoms with Crippen molar-refractivity contribution in [2.75, 3.05) is 0 Å². The summed E-state index contributed by atoms with van der Waals surface area (Å²) in [5.41, 5.74) is -1.91. The Morgan fingerprint density at radius 2 is 2.12 bits per heavy atom. The fraction of sp³-hybridized carbons (Fsp3) is 0.600. The molecular weight excluding hydrogens is 272 g/mol. The molecule has 1 N–H and O–H groups in total. The molecule has 82 valence electrons. The van der Waals surface area contributed by atoms with Crippen LogP contribution >= 0.6 is 15.9 Å². The van der Waals surface area contributed by atoms with Gasteiger partial charge in [-0.2, -0.15) is 10.5 Å². The molecule has 5 nitrogen and oxygen atoms in total. The van der Waals surface area contributed by atoms with Crippen LogP contribution in [-0.2, 0) is 4.74 Å². The minimum absolute atomic E-state index is 0.158. The van der Waals surface area contributed by atoms with Crippen LogP contribution in [0.25, 0.3) is 0 Å². The molecule has 1 fully saturated rings. The summed E-state index contributed by atoms with van der Waals surface area (Å²) >= 11 is 3.19. The average Bonchev–Trinajstić information content (AvgIpc) is 2.33. The predicted molar refractivity (Wildman–Crippen MR) is 59.9 cm³/mol. The van der Waals surface area contributed by atoms with Gasteiger partial charge in [0.2, 0.25) is 5.90 Å². The molecule has 2 bridgehead atoms. The molecule has 2 rings (SSSR count). The van der Waals surface area contributed by atoms with E-state index in [1.807, 2.05) is 6.07 Å². The van der Waals surface area contributed by atoms with Crippen molar-refractivity contribution in [2.24, 2.45) is 21.7 Å². The van der Waals surface area contributed by atoms with Gasteiger partial charge in [-0.25, -0.2) is 4.99 Å². The Hall–Kier alpha value is -1.40. The van der Waals surface area contributed by atoms with Crippen molar-refractivity contribution in [3.63, 3.8) is 0 Å². The second-order valence-electron chi connectivity index (χ2n) is 4.45. The first kappa shape index (κ1) is 11.1. The van der Waals surface area contributed by atoms with E-state index in [0.29, 0.717) is 4.62 Å². The lowest BCUT2D eigenvalue weighted by atomic mass is 9.59. The van der Waals surface area contributed by atoms with Crippen LogP contribution in [0.15, 0.2) is 4.99 Å². The number of nitrogens with one attached hydrogen (secondary N) is 1. The van der Waals surface area contributed by atoms with Gasteiger partial charge in [0.1, 0.15) is 10.5 Å². The SMILES string of the molecule is CC1(C)[C@@H]2N=C(Br)C(C#N)[C@@]1(C#N)C(=N)O2. The summed E-state index contributed by atoms with van der Waals surface area (Å²) in [7, 11) is 0. The van der Waals surface area contributed by atoms with Crippen molar-refractivity contribution >= 4 is 26.4 Å². The molecule has 0 aromatic heterocycles. The van der Waals surface area contributed by atoms with E-state index in [-0.39, 0.29) is 5.90 Å². The van der Waals surface area contributed by atoms with E-state index in [9.17, 15) is 5.26 Å². The molecule has 6 heteroatoms. The van der Waals surface area contributed by atoms with Gasteiger partial charge in [-0.1, -0.05) is 13.8 Å². The Morgan fingerprint density at radius 3 is 2.62 bits per heavy atom. The molecule has 1 saturated heterocycles. The number of hydrogen-bond acceptors (Lipinski definition) is 5. The van der Waals surface area contributed by atoms with Crippen LogP contribution in [0, 0.1) is 44.8 Å². The minimum Gasteiger partial charge on any atom is -0.454 e. The predicted octanol–water partition coefficient (Wildman–Crippen LogP) is 1.80. The van der Waals surface area contributed by atoms with Crippen LogP contribution in [0.2, 0.25) is 0 Å². The molecule has 2 heterocycles. The molecule has 2 aliphatic heterocycles. The van der Waals surface area contributed by atoms with E-state index in [1.165, 1.54) is 0 Å². The fourth-order valence-corrected chi connectivity index (χ4v) is 2.94. The second-order valence-corrected chi connectivity index (χ2v) is 5.27. The third kappa shape index (κ3) is 0.934. The average molecular weight is 281 g/mol. The quantitative estimate of drug-likeness (QED) is 0.733. The maximum Gasteiger partial charge on any atom is 0.206 e. The third-order valence-electron chi connectivity index (χ3n) is 3.44. The smallest absolute Gasteiger partial charge is 0.206 e. The van der Waals surface area contributed by atoms with Gasteiger partial charge in [-0.05, 0) is 15.9 Å². The zero-order valence-corrected chi connectivity index (χ0v) is 10.4. The van der Waals surface area contributed by atoms with Gasteiger partial charge in [0.15, 0.2) is 11.6 Å². The van der Waals surface area contributed by atoms with Gasteiger partial charge in [-0.3, -0.25) is 5.41 Å². The number of halogens is 1. The summed E-state index contributed by atoms with van der Waals surface area (Å²) < 4.78 is 5.68. The second kappa shape index (κ2) is 3.05. The first-order chi connectivity index (χ1) is 7.41. The Labute approximate surface area is 101 Å². The lowest BCUT2D eigenvalue weighted by Gasteiger charge is -2.39. The molecule has 0 spiro atoms. The van der Waals surface area contributed by atoms with Crippen molar-refractivity contribution in [2.45, 2.75) is 20.1 Å². The van der Waals surface area contributed by atoms with Gasteiger partial charge in [0.05, 0.1) is 17.6 Å². The van der Waals surface area contributed by atoms with E-state index < -0.39 is 23.0 Å². The van der Waals surface area contributed by atoms with E-state index >= 15 is 0 Å². The van der Waals surface area contributed by atoms with E-state index in [2.05, 4.69) is 27.0 Å². The van der Waals surface area contributed by atoms with Crippen LogP contribution < -0.4 is 0 Å². The highest BCUT2D eigenvalue weighted by molar-refractivity contribution is 9.18. The zero-order chi connectivity index (χ0) is 12.1. The van der Waals surface area contributed by atoms with Crippen molar-refractivity contribution in [1.29, 1.82) is 15.9 Å². The topological polar surface area (TPSA) is 93.0 Å². The summed E-state index contributed by atoms with van der Waals surface area (Å²) in [5, 5.41) is 26.4. The highest BCUT2D eigenvalue weighted by Crippen LogP contribution is 2.57. The largest absolute Gasteiger partial charge is 0.454 e.